The standard InChI is InChI=1S/C4H8FN3O/c5-3(1-6)4(7)8-2-9/h1,9H,2,6H2,(H2,7,8). The maximum Gasteiger partial charge on any atom is 0.180 e. The molecule has 0 saturated carbocycles. The van der Waals surface area contributed by atoms with Crippen molar-refractivity contribution in [2.45, 2.75) is 0 Å². The summed E-state index contributed by atoms with van der Waals surface area (Å²) < 4.78 is 12.1. The molecule has 0 spiro atoms. The van der Waals surface area contributed by atoms with E-state index in [0.29, 0.717) is 6.20 Å². The van der Waals surface area contributed by atoms with Gasteiger partial charge in [-0.3, -0.25) is 0 Å². The Morgan fingerprint density at radius 3 is 2.67 bits per heavy atom. The lowest BCUT2D eigenvalue weighted by Gasteiger charge is -1.91. The van der Waals surface area contributed by atoms with Gasteiger partial charge in [-0.15, -0.1) is 0 Å². The molecule has 0 unspecified atom stereocenters. The summed E-state index contributed by atoms with van der Waals surface area (Å²) >= 11 is 0. The Balaban J connectivity index is 4.03. The lowest BCUT2D eigenvalue weighted by atomic mass is 10.5. The van der Waals surface area contributed by atoms with Crippen LogP contribution in [-0.2, 0) is 0 Å². The number of rotatable bonds is 2. The topological polar surface area (TPSA) is 84.6 Å². The Labute approximate surface area is 51.7 Å². The van der Waals surface area contributed by atoms with Crippen molar-refractivity contribution in [3.63, 3.8) is 0 Å². The number of aliphatic hydroxyl groups is 1. The number of nitrogens with two attached hydrogens (primary N) is 2. The van der Waals surface area contributed by atoms with Crippen molar-refractivity contribution in [3.8, 4) is 0 Å². The van der Waals surface area contributed by atoms with Gasteiger partial charge in [0.25, 0.3) is 0 Å². The molecule has 0 bridgehead atoms. The molecule has 4 nitrogen and oxygen atoms in total. The first-order valence-corrected chi connectivity index (χ1v) is 2.21. The van der Waals surface area contributed by atoms with E-state index in [1.54, 1.807) is 0 Å². The number of amidine groups is 1. The van der Waals surface area contributed by atoms with Crippen LogP contribution in [0.3, 0.4) is 0 Å². The molecular formula is C4H8FN3O. The number of aliphatic hydroxyl groups excluding tert-OH is 1. The monoisotopic (exact) mass is 133 g/mol. The van der Waals surface area contributed by atoms with Crippen molar-refractivity contribution in [1.82, 2.24) is 0 Å². The van der Waals surface area contributed by atoms with Crippen molar-refractivity contribution in [2.75, 3.05) is 6.73 Å². The Morgan fingerprint density at radius 1 is 1.78 bits per heavy atom. The highest BCUT2D eigenvalue weighted by Crippen LogP contribution is 1.91. The van der Waals surface area contributed by atoms with Gasteiger partial charge in [0.2, 0.25) is 0 Å². The average molecular weight is 133 g/mol. The van der Waals surface area contributed by atoms with Crippen molar-refractivity contribution >= 4 is 5.84 Å². The zero-order valence-corrected chi connectivity index (χ0v) is 4.71. The van der Waals surface area contributed by atoms with Gasteiger partial charge in [0, 0.05) is 6.20 Å². The summed E-state index contributed by atoms with van der Waals surface area (Å²) in [5.74, 6) is -1.22. The zero-order valence-electron chi connectivity index (χ0n) is 4.71. The third-order valence-corrected chi connectivity index (χ3v) is 0.632. The first-order chi connectivity index (χ1) is 4.22. The smallest absolute Gasteiger partial charge is 0.180 e. The third-order valence-electron chi connectivity index (χ3n) is 0.632. The van der Waals surface area contributed by atoms with Crippen molar-refractivity contribution < 1.29 is 9.50 Å². The molecule has 0 rings (SSSR count). The summed E-state index contributed by atoms with van der Waals surface area (Å²) in [7, 11) is 0. The van der Waals surface area contributed by atoms with Crippen LogP contribution in [0.25, 0.3) is 0 Å². The van der Waals surface area contributed by atoms with Gasteiger partial charge in [-0.05, 0) is 0 Å². The molecule has 0 amide bonds. The second kappa shape index (κ2) is 3.85. The summed E-state index contributed by atoms with van der Waals surface area (Å²) in [4.78, 5) is 3.12. The summed E-state index contributed by atoms with van der Waals surface area (Å²) in [5, 5.41) is 8.08. The van der Waals surface area contributed by atoms with E-state index >= 15 is 0 Å². The predicted octanol–water partition coefficient (Wildman–Crippen LogP) is -0.937. The molecule has 0 aromatic rings. The van der Waals surface area contributed by atoms with Crippen LogP contribution < -0.4 is 11.5 Å². The number of hydrogen-bond donors (Lipinski definition) is 3. The van der Waals surface area contributed by atoms with Gasteiger partial charge in [0.15, 0.2) is 11.7 Å². The third kappa shape index (κ3) is 2.65. The molecule has 52 valence electrons. The quantitative estimate of drug-likeness (QED) is 0.336. The number of halogens is 1. The van der Waals surface area contributed by atoms with Crippen LogP contribution in [0.2, 0.25) is 0 Å². The van der Waals surface area contributed by atoms with E-state index in [2.05, 4.69) is 4.99 Å². The molecular weight excluding hydrogens is 125 g/mol. The van der Waals surface area contributed by atoms with Gasteiger partial charge in [-0.2, -0.15) is 0 Å². The van der Waals surface area contributed by atoms with Crippen LogP contribution in [0.1, 0.15) is 0 Å². The maximum absolute atomic E-state index is 12.1. The van der Waals surface area contributed by atoms with Gasteiger partial charge in [-0.1, -0.05) is 0 Å². The van der Waals surface area contributed by atoms with E-state index < -0.39 is 12.6 Å². The Hall–Kier alpha value is -1.10. The van der Waals surface area contributed by atoms with Gasteiger partial charge in [-0.25, -0.2) is 9.38 Å². The molecule has 0 radical (unpaired) electrons. The fourth-order valence-electron chi connectivity index (χ4n) is 0.237. The highest BCUT2D eigenvalue weighted by Gasteiger charge is 1.96. The largest absolute Gasteiger partial charge is 0.402 e. The van der Waals surface area contributed by atoms with E-state index in [1.165, 1.54) is 0 Å². The highest BCUT2D eigenvalue weighted by atomic mass is 19.1. The fraction of sp³-hybridized carbons (Fsp3) is 0.250. The zero-order chi connectivity index (χ0) is 7.28. The predicted molar refractivity (Wildman–Crippen MR) is 32.1 cm³/mol. The molecule has 0 aromatic heterocycles. The lowest BCUT2D eigenvalue weighted by molar-refractivity contribution is 0.309. The van der Waals surface area contributed by atoms with E-state index in [-0.39, 0.29) is 5.84 Å². The van der Waals surface area contributed by atoms with Crippen LogP contribution >= 0.6 is 0 Å². The van der Waals surface area contributed by atoms with Gasteiger partial charge in [0.05, 0.1) is 0 Å². The minimum atomic E-state index is -0.830. The normalized spacial score (nSPS) is 14.0. The molecule has 0 atom stereocenters. The molecule has 9 heavy (non-hydrogen) atoms. The van der Waals surface area contributed by atoms with Crippen molar-refractivity contribution in [1.29, 1.82) is 0 Å². The second-order valence-corrected chi connectivity index (χ2v) is 1.20. The Bertz CT molecular complexity index is 143. The lowest BCUT2D eigenvalue weighted by Crippen LogP contribution is -2.13. The number of nitrogens with zero attached hydrogens (tertiary/aromatic N) is 1. The minimum Gasteiger partial charge on any atom is -0.402 e. The average Bonchev–Trinajstić information content (AvgIpc) is 1.87. The molecule has 5 heteroatoms. The SMILES string of the molecule is NC=C(F)C(N)=NCO. The molecule has 0 aliphatic carbocycles. The van der Waals surface area contributed by atoms with E-state index in [1.807, 2.05) is 0 Å². The summed E-state index contributed by atoms with van der Waals surface area (Å²) in [6, 6.07) is 0. The highest BCUT2D eigenvalue weighted by molar-refractivity contribution is 5.94. The molecule has 0 aliphatic rings. The molecule has 0 aliphatic heterocycles. The maximum atomic E-state index is 12.1. The van der Waals surface area contributed by atoms with E-state index in [4.69, 9.17) is 16.6 Å². The molecule has 0 fully saturated rings. The summed E-state index contributed by atoms with van der Waals surface area (Å²) in [6.07, 6.45) is 0.675. The first kappa shape index (κ1) is 7.90. The van der Waals surface area contributed by atoms with Crippen molar-refractivity contribution in [3.05, 3.63) is 12.0 Å². The fourth-order valence-corrected chi connectivity index (χ4v) is 0.237. The molecule has 0 heterocycles. The van der Waals surface area contributed by atoms with Crippen LogP contribution in [-0.4, -0.2) is 17.7 Å². The summed E-state index contributed by atoms with van der Waals surface area (Å²) in [6.45, 7) is -0.535. The second-order valence-electron chi connectivity index (χ2n) is 1.20. The number of hydrogen-bond acceptors (Lipinski definition) is 3. The minimum absolute atomic E-state index is 0.389. The van der Waals surface area contributed by atoms with Gasteiger partial charge >= 0.3 is 0 Å². The Kier molecular flexibility index (Phi) is 3.38. The summed E-state index contributed by atoms with van der Waals surface area (Å²) in [5.41, 5.74) is 9.63. The molecule has 0 saturated heterocycles. The Morgan fingerprint density at radius 2 is 2.33 bits per heavy atom. The van der Waals surface area contributed by atoms with Crippen LogP contribution in [0, 0.1) is 0 Å². The van der Waals surface area contributed by atoms with Crippen LogP contribution in [0.5, 0.6) is 0 Å². The van der Waals surface area contributed by atoms with Crippen LogP contribution in [0.15, 0.2) is 17.0 Å². The molecule has 0 aromatic carbocycles. The van der Waals surface area contributed by atoms with Crippen molar-refractivity contribution in [2.24, 2.45) is 16.5 Å². The van der Waals surface area contributed by atoms with Crippen LogP contribution in [0.4, 0.5) is 4.39 Å². The van der Waals surface area contributed by atoms with E-state index in [9.17, 15) is 4.39 Å². The number of aliphatic imine (C=N–C) groups is 1. The van der Waals surface area contributed by atoms with Gasteiger partial charge in [0.1, 0.15) is 6.73 Å². The van der Waals surface area contributed by atoms with Gasteiger partial charge < -0.3 is 16.6 Å². The molecule has 5 N–H and O–H groups in total. The first-order valence-electron chi connectivity index (χ1n) is 2.21. The van der Waals surface area contributed by atoms with E-state index in [0.717, 1.165) is 0 Å².